The molecule has 2 aromatic heterocycles. The first-order valence-electron chi connectivity index (χ1n) is 13.0. The summed E-state index contributed by atoms with van der Waals surface area (Å²) in [5.74, 6) is -1.43. The van der Waals surface area contributed by atoms with E-state index in [0.29, 0.717) is 29.6 Å². The number of hydrogen-bond acceptors (Lipinski definition) is 9. The van der Waals surface area contributed by atoms with Crippen LogP contribution < -0.4 is 4.90 Å². The van der Waals surface area contributed by atoms with Crippen LogP contribution in [-0.2, 0) is 14.3 Å². The number of likely N-dealkylation sites (N-methyl/N-ethyl adjacent to an activating group) is 1. The number of rotatable bonds is 5. The summed E-state index contributed by atoms with van der Waals surface area (Å²) >= 11 is 5.89. The predicted octanol–water partition coefficient (Wildman–Crippen LogP) is 3.86. The number of amides is 2. The lowest BCUT2D eigenvalue weighted by atomic mass is 9.83. The minimum absolute atomic E-state index is 0.144. The molecule has 0 spiro atoms. The van der Waals surface area contributed by atoms with Gasteiger partial charge in [0.25, 0.3) is 5.91 Å². The van der Waals surface area contributed by atoms with Gasteiger partial charge in [0.15, 0.2) is 11.3 Å². The zero-order chi connectivity index (χ0) is 31.4. The molecule has 230 valence electrons. The molecule has 5 rings (SSSR count). The molecule has 1 saturated heterocycles. The second-order valence-electron chi connectivity index (χ2n) is 9.75. The average Bonchev–Trinajstić information content (AvgIpc) is 3.24. The van der Waals surface area contributed by atoms with Crippen molar-refractivity contribution >= 4 is 35.4 Å². The van der Waals surface area contributed by atoms with E-state index in [1.54, 1.807) is 17.0 Å². The van der Waals surface area contributed by atoms with Crippen molar-refractivity contribution in [2.45, 2.75) is 30.8 Å². The Hall–Kier alpha value is -4.08. The van der Waals surface area contributed by atoms with Crippen molar-refractivity contribution in [2.75, 3.05) is 45.2 Å². The highest BCUT2D eigenvalue weighted by molar-refractivity contribution is 6.30. The first kappa shape index (κ1) is 31.8. The number of carbonyl (C=O) groups is 3. The van der Waals surface area contributed by atoms with Crippen LogP contribution >= 0.6 is 11.6 Å². The van der Waals surface area contributed by atoms with Crippen molar-refractivity contribution in [2.24, 2.45) is 0 Å². The lowest BCUT2D eigenvalue weighted by molar-refractivity contribution is -0.253. The second kappa shape index (κ2) is 13.1. The fourth-order valence-corrected chi connectivity index (χ4v) is 4.83. The molecule has 0 saturated carbocycles. The van der Waals surface area contributed by atoms with Gasteiger partial charge < -0.3 is 24.4 Å². The number of aliphatic carboxylic acids is 1. The largest absolute Gasteiger partial charge is 0.481 e. The van der Waals surface area contributed by atoms with Gasteiger partial charge in [-0.3, -0.25) is 14.6 Å². The summed E-state index contributed by atoms with van der Waals surface area (Å²) in [6.07, 6.45) is 0.931. The van der Waals surface area contributed by atoms with E-state index in [-0.39, 0.29) is 11.3 Å². The molecule has 2 aliphatic heterocycles. The molecule has 1 N–H and O–H groups in total. The Bertz CT molecular complexity index is 1410. The van der Waals surface area contributed by atoms with Crippen LogP contribution in [0.25, 0.3) is 0 Å². The quantitative estimate of drug-likeness (QED) is 0.522. The van der Waals surface area contributed by atoms with Crippen molar-refractivity contribution < 1.29 is 42.1 Å². The Balaban J connectivity index is 0.000000227. The van der Waals surface area contributed by atoms with Crippen LogP contribution in [0.2, 0.25) is 5.02 Å². The molecule has 43 heavy (non-hydrogen) atoms. The van der Waals surface area contributed by atoms with Crippen LogP contribution in [-0.4, -0.2) is 99.9 Å². The number of anilines is 1. The van der Waals surface area contributed by atoms with E-state index in [1.165, 1.54) is 35.6 Å². The first-order valence-corrected chi connectivity index (χ1v) is 13.4. The molecule has 2 amide bonds. The summed E-state index contributed by atoms with van der Waals surface area (Å²) in [4.78, 5) is 53.5. The highest BCUT2D eigenvalue weighted by Crippen LogP contribution is 2.44. The Labute approximate surface area is 249 Å². The Morgan fingerprint density at radius 2 is 1.84 bits per heavy atom. The van der Waals surface area contributed by atoms with Crippen LogP contribution in [0.5, 0.6) is 0 Å². The number of hydrogen-bond donors (Lipinski definition) is 1. The van der Waals surface area contributed by atoms with Crippen LogP contribution in [0.4, 0.5) is 23.8 Å². The fourth-order valence-electron chi connectivity index (χ4n) is 4.72. The molecule has 2 atom stereocenters. The van der Waals surface area contributed by atoms with Crippen molar-refractivity contribution in [1.82, 2.24) is 24.8 Å². The molecular weight excluding hydrogens is 597 g/mol. The van der Waals surface area contributed by atoms with Crippen LogP contribution in [0, 0.1) is 0 Å². The number of nitrogens with zero attached hydrogens (tertiary/aromatic N) is 6. The van der Waals surface area contributed by atoms with Gasteiger partial charge in [-0.05, 0) is 24.8 Å². The number of piperazine rings is 1. The summed E-state index contributed by atoms with van der Waals surface area (Å²) in [5.41, 5.74) is -2.34. The van der Waals surface area contributed by atoms with E-state index in [0.717, 1.165) is 26.3 Å². The van der Waals surface area contributed by atoms with Crippen molar-refractivity contribution in [1.29, 1.82) is 0 Å². The van der Waals surface area contributed by atoms with E-state index in [2.05, 4.69) is 24.6 Å². The molecule has 3 aliphatic rings. The SMILES string of the molecule is CN1CCN(C(=O)OC2c3nccnc3C(=O)N2c2ccc(Cl)cn2)CC1.COC1(C(F)(F)F)CC=CC=C1CC(=O)O. The van der Waals surface area contributed by atoms with Gasteiger partial charge in [0.1, 0.15) is 11.5 Å². The lowest BCUT2D eigenvalue weighted by Crippen LogP contribution is -2.49. The van der Waals surface area contributed by atoms with Gasteiger partial charge in [-0.15, -0.1) is 0 Å². The number of carbonyl (C=O) groups excluding carboxylic acids is 2. The van der Waals surface area contributed by atoms with Gasteiger partial charge in [-0.1, -0.05) is 29.8 Å². The standard InChI is InChI=1S/C17H17ClN6O3.C10H11F3O3/c1-22-6-8-23(9-7-22)17(26)27-16-14-13(19-4-5-20-14)15(25)24(16)12-3-2-11(18)10-21-12;1-16-9(10(11,12)13)5-3-2-4-7(9)6-8(14)15/h2-5,10,16H,6-9H2,1H3;2-4H,5-6H2,1H3,(H,14,15). The number of aromatic nitrogens is 3. The van der Waals surface area contributed by atoms with Crippen molar-refractivity contribution in [3.8, 4) is 0 Å². The van der Waals surface area contributed by atoms with Gasteiger partial charge in [-0.2, -0.15) is 13.2 Å². The van der Waals surface area contributed by atoms with Gasteiger partial charge in [0.05, 0.1) is 11.4 Å². The highest BCUT2D eigenvalue weighted by Gasteiger charge is 2.57. The topological polar surface area (TPSA) is 138 Å². The van der Waals surface area contributed by atoms with Crippen LogP contribution in [0.3, 0.4) is 0 Å². The summed E-state index contributed by atoms with van der Waals surface area (Å²) < 4.78 is 48.9. The first-order chi connectivity index (χ1) is 20.4. The van der Waals surface area contributed by atoms with E-state index < -0.39 is 48.8 Å². The summed E-state index contributed by atoms with van der Waals surface area (Å²) in [6.45, 7) is 2.64. The van der Waals surface area contributed by atoms with Crippen molar-refractivity contribution in [3.63, 3.8) is 0 Å². The van der Waals surface area contributed by atoms with Gasteiger partial charge >= 0.3 is 18.2 Å². The maximum Gasteiger partial charge on any atom is 0.421 e. The Morgan fingerprint density at radius 3 is 2.44 bits per heavy atom. The molecule has 0 radical (unpaired) electrons. The number of allylic oxidation sites excluding steroid dienone is 2. The summed E-state index contributed by atoms with van der Waals surface area (Å²) in [7, 11) is 2.93. The third-order valence-corrected chi connectivity index (χ3v) is 7.28. The van der Waals surface area contributed by atoms with E-state index in [1.807, 2.05) is 7.05 Å². The van der Waals surface area contributed by atoms with Crippen LogP contribution in [0.1, 0.15) is 35.3 Å². The number of halogens is 4. The summed E-state index contributed by atoms with van der Waals surface area (Å²) in [5, 5.41) is 9.01. The second-order valence-corrected chi connectivity index (χ2v) is 10.2. The number of carboxylic acids is 1. The molecule has 4 heterocycles. The number of ether oxygens (including phenoxy) is 2. The number of pyridine rings is 1. The monoisotopic (exact) mass is 624 g/mol. The number of fused-ring (bicyclic) bond motifs is 1. The molecule has 1 fully saturated rings. The third-order valence-electron chi connectivity index (χ3n) is 7.05. The van der Waals surface area contributed by atoms with E-state index in [4.69, 9.17) is 21.4 Å². The maximum absolute atomic E-state index is 12.9. The average molecular weight is 625 g/mol. The third kappa shape index (κ3) is 6.78. The van der Waals surface area contributed by atoms with Gasteiger partial charge in [0.2, 0.25) is 6.23 Å². The molecular formula is C27H28ClF3N6O6. The molecule has 12 nitrogen and oxygen atoms in total. The number of carboxylic acid groups (broad SMARTS) is 1. The number of methoxy groups -OCH3 is 1. The molecule has 16 heteroatoms. The maximum atomic E-state index is 12.9. The molecule has 2 aromatic rings. The van der Waals surface area contributed by atoms with Crippen LogP contribution in [0.15, 0.2) is 54.5 Å². The lowest BCUT2D eigenvalue weighted by Gasteiger charge is -2.36. The molecule has 2 unspecified atom stereocenters. The Kier molecular flexibility index (Phi) is 9.67. The van der Waals surface area contributed by atoms with Gasteiger partial charge in [-0.25, -0.2) is 19.7 Å². The normalized spacial score (nSPS) is 22.0. The zero-order valence-corrected chi connectivity index (χ0v) is 23.9. The Morgan fingerprint density at radius 1 is 1.14 bits per heavy atom. The predicted molar refractivity (Wildman–Crippen MR) is 146 cm³/mol. The fraction of sp³-hybridized carbons (Fsp3) is 0.407. The van der Waals surface area contributed by atoms with E-state index in [9.17, 15) is 27.6 Å². The van der Waals surface area contributed by atoms with E-state index >= 15 is 0 Å². The molecule has 1 aliphatic carbocycles. The van der Waals surface area contributed by atoms with Gasteiger partial charge in [0, 0.05) is 58.3 Å². The number of alkyl halides is 3. The minimum Gasteiger partial charge on any atom is -0.481 e. The zero-order valence-electron chi connectivity index (χ0n) is 23.1. The molecule has 0 aromatic carbocycles. The highest BCUT2D eigenvalue weighted by atomic mass is 35.5. The molecule has 0 bridgehead atoms. The van der Waals surface area contributed by atoms with Crippen molar-refractivity contribution in [3.05, 3.63) is 70.9 Å². The summed E-state index contributed by atoms with van der Waals surface area (Å²) in [6, 6.07) is 3.20. The minimum atomic E-state index is -4.63. The smallest absolute Gasteiger partial charge is 0.421 e.